The predicted octanol–water partition coefficient (Wildman–Crippen LogP) is 2.04. The molecule has 0 atom stereocenters. The summed E-state index contributed by atoms with van der Waals surface area (Å²) in [5, 5.41) is 2.95. The molecule has 3 aromatic rings. The number of halogens is 1. The van der Waals surface area contributed by atoms with E-state index in [2.05, 4.69) is 15.3 Å². The Hall–Kier alpha value is -2.58. The maximum atomic E-state index is 14.1. The first-order valence-electron chi connectivity index (χ1n) is 7.16. The molecule has 0 aliphatic rings. The zero-order valence-electron chi connectivity index (χ0n) is 12.8. The van der Waals surface area contributed by atoms with Crippen LogP contribution in [0.1, 0.15) is 5.56 Å². The molecule has 0 fully saturated rings. The predicted molar refractivity (Wildman–Crippen MR) is 87.2 cm³/mol. The second-order valence-corrected chi connectivity index (χ2v) is 6.91. The molecule has 0 bridgehead atoms. The molecule has 1 N–H and O–H groups in total. The van der Waals surface area contributed by atoms with Crippen molar-refractivity contribution < 1.29 is 12.8 Å². The molecule has 0 radical (unpaired) electrons. The van der Waals surface area contributed by atoms with Crippen LogP contribution in [0.3, 0.4) is 0 Å². The molecule has 0 saturated carbocycles. The minimum absolute atomic E-state index is 0.0298. The highest BCUT2D eigenvalue weighted by Gasteiger charge is 2.23. The van der Waals surface area contributed by atoms with Crippen LogP contribution < -0.4 is 5.32 Å². The van der Waals surface area contributed by atoms with E-state index in [-0.39, 0.29) is 16.2 Å². The van der Waals surface area contributed by atoms with Crippen LogP contribution in [0.15, 0.2) is 60.0 Å². The van der Waals surface area contributed by atoms with E-state index in [9.17, 15) is 12.8 Å². The molecule has 124 valence electrons. The molecule has 8 heteroatoms. The first kappa shape index (κ1) is 16.3. The number of nitrogens with one attached hydrogen (secondary N) is 1. The van der Waals surface area contributed by atoms with Gasteiger partial charge >= 0.3 is 0 Å². The summed E-state index contributed by atoms with van der Waals surface area (Å²) in [5.74, 6) is -0.728. The summed E-state index contributed by atoms with van der Waals surface area (Å²) in [6.45, 7) is 0.449. The Kier molecular flexibility index (Phi) is 4.41. The van der Waals surface area contributed by atoms with E-state index >= 15 is 0 Å². The summed E-state index contributed by atoms with van der Waals surface area (Å²) in [4.78, 5) is 7.48. The van der Waals surface area contributed by atoms with E-state index in [4.69, 9.17) is 0 Å². The molecule has 24 heavy (non-hydrogen) atoms. The monoisotopic (exact) mass is 346 g/mol. The third-order valence-corrected chi connectivity index (χ3v) is 5.11. The summed E-state index contributed by atoms with van der Waals surface area (Å²) < 4.78 is 41.0. The lowest BCUT2D eigenvalue weighted by Crippen LogP contribution is -2.14. The Morgan fingerprint density at radius 3 is 2.71 bits per heavy atom. The van der Waals surface area contributed by atoms with Crippen molar-refractivity contribution in [3.8, 4) is 11.3 Å². The van der Waals surface area contributed by atoms with E-state index in [1.54, 1.807) is 19.2 Å². The normalized spacial score (nSPS) is 11.6. The van der Waals surface area contributed by atoms with Crippen molar-refractivity contribution in [2.45, 2.75) is 11.4 Å². The molecular weight excluding hydrogens is 331 g/mol. The van der Waals surface area contributed by atoms with Crippen LogP contribution in [0.5, 0.6) is 0 Å². The molecule has 0 amide bonds. The third-order valence-electron chi connectivity index (χ3n) is 3.45. The fourth-order valence-electron chi connectivity index (χ4n) is 2.38. The van der Waals surface area contributed by atoms with Gasteiger partial charge in [0.25, 0.3) is 10.0 Å². The Balaban J connectivity index is 2.23. The van der Waals surface area contributed by atoms with Crippen molar-refractivity contribution in [3.05, 3.63) is 66.6 Å². The maximum absolute atomic E-state index is 14.1. The van der Waals surface area contributed by atoms with Crippen LogP contribution in [0.2, 0.25) is 0 Å². The van der Waals surface area contributed by atoms with Gasteiger partial charge in [0.15, 0.2) is 0 Å². The van der Waals surface area contributed by atoms with Gasteiger partial charge in [-0.05, 0) is 42.9 Å². The van der Waals surface area contributed by atoms with Gasteiger partial charge < -0.3 is 5.32 Å². The first-order chi connectivity index (χ1) is 11.5. The number of nitrogens with zero attached hydrogens (tertiary/aromatic N) is 3. The zero-order valence-corrected chi connectivity index (χ0v) is 13.7. The fourth-order valence-corrected chi connectivity index (χ4v) is 3.74. The van der Waals surface area contributed by atoms with Crippen molar-refractivity contribution in [1.82, 2.24) is 19.3 Å². The topological polar surface area (TPSA) is 76.9 Å². The van der Waals surface area contributed by atoms with Crippen LogP contribution in [0, 0.1) is 5.95 Å². The molecule has 3 rings (SSSR count). The van der Waals surface area contributed by atoms with Crippen LogP contribution in [0.25, 0.3) is 11.3 Å². The van der Waals surface area contributed by atoms with Gasteiger partial charge in [-0.15, -0.1) is 0 Å². The molecule has 3 heterocycles. The van der Waals surface area contributed by atoms with Gasteiger partial charge in [0.1, 0.15) is 4.90 Å². The molecule has 0 saturated heterocycles. The molecular formula is C16H15FN4O2S. The fraction of sp³-hybridized carbons (Fsp3) is 0.125. The van der Waals surface area contributed by atoms with Crippen LogP contribution in [-0.4, -0.2) is 29.4 Å². The number of pyridine rings is 2. The minimum Gasteiger partial charge on any atom is -0.316 e. The Labute approximate surface area is 139 Å². The highest BCUT2D eigenvalue weighted by Crippen LogP contribution is 2.28. The maximum Gasteiger partial charge on any atom is 0.269 e. The highest BCUT2D eigenvalue weighted by atomic mass is 32.2. The van der Waals surface area contributed by atoms with Gasteiger partial charge in [0, 0.05) is 31.3 Å². The number of rotatable bonds is 5. The third kappa shape index (κ3) is 2.93. The molecule has 0 aliphatic heterocycles. The number of hydrogen-bond acceptors (Lipinski definition) is 5. The van der Waals surface area contributed by atoms with Gasteiger partial charge in [-0.2, -0.15) is 4.39 Å². The van der Waals surface area contributed by atoms with Crippen LogP contribution >= 0.6 is 0 Å². The van der Waals surface area contributed by atoms with Crippen molar-refractivity contribution in [1.29, 1.82) is 0 Å². The highest BCUT2D eigenvalue weighted by molar-refractivity contribution is 7.90. The SMILES string of the molecule is CNCc1cc(-c2cccnc2F)n(S(=O)(=O)c2cccnc2)c1. The average Bonchev–Trinajstić information content (AvgIpc) is 3.01. The summed E-state index contributed by atoms with van der Waals surface area (Å²) in [6.07, 6.45) is 5.54. The van der Waals surface area contributed by atoms with Gasteiger partial charge in [0.2, 0.25) is 5.95 Å². The zero-order chi connectivity index (χ0) is 17.2. The standard InChI is InChI=1S/C16H15FN4O2S/c1-18-9-12-8-15(14-5-3-7-20-16(14)17)21(11-12)24(22,23)13-4-2-6-19-10-13/h2-8,10-11,18H,9H2,1H3. The summed E-state index contributed by atoms with van der Waals surface area (Å²) >= 11 is 0. The van der Waals surface area contributed by atoms with Gasteiger partial charge in [-0.1, -0.05) is 0 Å². The lowest BCUT2D eigenvalue weighted by atomic mass is 10.2. The molecule has 0 unspecified atom stereocenters. The van der Waals surface area contributed by atoms with Crippen molar-refractivity contribution in [3.63, 3.8) is 0 Å². The Morgan fingerprint density at radius 2 is 2.04 bits per heavy atom. The summed E-state index contributed by atoms with van der Waals surface area (Å²) in [6, 6.07) is 7.67. The lowest BCUT2D eigenvalue weighted by molar-refractivity contribution is 0.582. The van der Waals surface area contributed by atoms with Crippen molar-refractivity contribution in [2.24, 2.45) is 0 Å². The van der Waals surface area contributed by atoms with Crippen LogP contribution in [-0.2, 0) is 16.6 Å². The molecule has 3 aromatic heterocycles. The van der Waals surface area contributed by atoms with Crippen molar-refractivity contribution >= 4 is 10.0 Å². The second-order valence-electron chi connectivity index (χ2n) is 5.10. The number of aromatic nitrogens is 3. The Morgan fingerprint density at radius 1 is 1.25 bits per heavy atom. The molecule has 6 nitrogen and oxygen atoms in total. The molecule has 0 aliphatic carbocycles. The van der Waals surface area contributed by atoms with E-state index in [0.717, 1.165) is 3.97 Å². The lowest BCUT2D eigenvalue weighted by Gasteiger charge is -2.10. The van der Waals surface area contributed by atoms with E-state index < -0.39 is 16.0 Å². The van der Waals surface area contributed by atoms with Gasteiger partial charge in [0.05, 0.1) is 11.3 Å². The van der Waals surface area contributed by atoms with E-state index in [1.807, 2.05) is 0 Å². The first-order valence-corrected chi connectivity index (χ1v) is 8.60. The average molecular weight is 346 g/mol. The molecule has 0 aromatic carbocycles. The quantitative estimate of drug-likeness (QED) is 0.716. The Bertz CT molecular complexity index is 955. The van der Waals surface area contributed by atoms with Crippen molar-refractivity contribution in [2.75, 3.05) is 7.05 Å². The van der Waals surface area contributed by atoms with Crippen LogP contribution in [0.4, 0.5) is 4.39 Å². The second kappa shape index (κ2) is 6.50. The summed E-state index contributed by atoms with van der Waals surface area (Å²) in [5.41, 5.74) is 1.05. The number of hydrogen-bond donors (Lipinski definition) is 1. The van der Waals surface area contributed by atoms with Gasteiger partial charge in [-0.3, -0.25) is 4.98 Å². The smallest absolute Gasteiger partial charge is 0.269 e. The largest absolute Gasteiger partial charge is 0.316 e. The van der Waals surface area contributed by atoms with E-state index in [1.165, 1.54) is 43.0 Å². The van der Waals surface area contributed by atoms with Gasteiger partial charge in [-0.25, -0.2) is 17.4 Å². The van der Waals surface area contributed by atoms with E-state index in [0.29, 0.717) is 12.1 Å². The summed E-state index contributed by atoms with van der Waals surface area (Å²) in [7, 11) is -2.15. The molecule has 0 spiro atoms. The minimum atomic E-state index is -3.90.